The summed E-state index contributed by atoms with van der Waals surface area (Å²) < 4.78 is 5.34. The maximum atomic E-state index is 5.34. The van der Waals surface area contributed by atoms with Crippen molar-refractivity contribution in [3.8, 4) is 12.3 Å². The zero-order valence-corrected chi connectivity index (χ0v) is 8.64. The predicted octanol–water partition coefficient (Wildman–Crippen LogP) is 1.81. The van der Waals surface area contributed by atoms with Gasteiger partial charge in [-0.1, -0.05) is 6.92 Å². The Morgan fingerprint density at radius 2 is 2.00 bits per heavy atom. The second kappa shape index (κ2) is 11.5. The van der Waals surface area contributed by atoms with Gasteiger partial charge in [0.05, 0.1) is 0 Å². The van der Waals surface area contributed by atoms with E-state index in [4.69, 9.17) is 11.2 Å². The van der Waals surface area contributed by atoms with E-state index in [9.17, 15) is 0 Å². The van der Waals surface area contributed by atoms with Crippen LogP contribution in [0, 0.1) is 12.3 Å². The predicted molar refractivity (Wildman–Crippen MR) is 56.7 cm³/mol. The number of unbranched alkanes of at least 4 members (excludes halogenated alkanes) is 1. The largest absolute Gasteiger partial charge is 0.381 e. The van der Waals surface area contributed by atoms with Crippen LogP contribution in [-0.4, -0.2) is 26.3 Å². The minimum atomic E-state index is 0.871. The Morgan fingerprint density at radius 3 is 2.69 bits per heavy atom. The van der Waals surface area contributed by atoms with Gasteiger partial charge in [0, 0.05) is 19.6 Å². The van der Waals surface area contributed by atoms with Crippen molar-refractivity contribution in [2.75, 3.05) is 26.3 Å². The lowest BCUT2D eigenvalue weighted by Crippen LogP contribution is -2.18. The second-order valence-electron chi connectivity index (χ2n) is 3.02. The third kappa shape index (κ3) is 11.5. The van der Waals surface area contributed by atoms with Crippen molar-refractivity contribution in [3.05, 3.63) is 0 Å². The van der Waals surface area contributed by atoms with E-state index in [0.29, 0.717) is 0 Å². The summed E-state index contributed by atoms with van der Waals surface area (Å²) in [7, 11) is 0. The molecule has 0 aliphatic heterocycles. The highest BCUT2D eigenvalue weighted by atomic mass is 16.5. The van der Waals surface area contributed by atoms with Crippen LogP contribution in [0.2, 0.25) is 0 Å². The van der Waals surface area contributed by atoms with E-state index in [0.717, 1.165) is 52.0 Å². The number of hydrogen-bond acceptors (Lipinski definition) is 2. The minimum absolute atomic E-state index is 0.871. The summed E-state index contributed by atoms with van der Waals surface area (Å²) in [5.74, 6) is 2.62. The Bertz CT molecular complexity index is 129. The fraction of sp³-hybridized carbons (Fsp3) is 0.818. The first-order valence-corrected chi connectivity index (χ1v) is 5.13. The molecule has 0 aliphatic carbocycles. The summed E-state index contributed by atoms with van der Waals surface area (Å²) in [5, 5.41) is 3.32. The molecule has 0 heterocycles. The van der Waals surface area contributed by atoms with E-state index >= 15 is 0 Å². The molecular formula is C11H21NO. The van der Waals surface area contributed by atoms with Crippen LogP contribution >= 0.6 is 0 Å². The van der Waals surface area contributed by atoms with Crippen LogP contribution in [0.4, 0.5) is 0 Å². The van der Waals surface area contributed by atoms with E-state index in [2.05, 4.69) is 18.2 Å². The maximum Gasteiger partial charge on any atom is 0.0478 e. The van der Waals surface area contributed by atoms with Crippen LogP contribution in [-0.2, 0) is 4.74 Å². The normalized spacial score (nSPS) is 9.85. The molecule has 0 aromatic carbocycles. The zero-order chi connectivity index (χ0) is 9.78. The van der Waals surface area contributed by atoms with Crippen LogP contribution in [0.25, 0.3) is 0 Å². The molecule has 0 bridgehead atoms. The summed E-state index contributed by atoms with van der Waals surface area (Å²) in [6.07, 6.45) is 9.28. The van der Waals surface area contributed by atoms with Crippen LogP contribution in [0.1, 0.15) is 32.6 Å². The van der Waals surface area contributed by atoms with Crippen LogP contribution < -0.4 is 5.32 Å². The quantitative estimate of drug-likeness (QED) is 0.435. The van der Waals surface area contributed by atoms with Crippen molar-refractivity contribution in [1.29, 1.82) is 0 Å². The van der Waals surface area contributed by atoms with Gasteiger partial charge in [0.25, 0.3) is 0 Å². The average molecular weight is 183 g/mol. The molecule has 76 valence electrons. The number of nitrogens with one attached hydrogen (secondary N) is 1. The van der Waals surface area contributed by atoms with Gasteiger partial charge in [-0.15, -0.1) is 12.3 Å². The lowest BCUT2D eigenvalue weighted by atomic mass is 10.3. The van der Waals surface area contributed by atoms with Gasteiger partial charge < -0.3 is 10.1 Å². The third-order valence-corrected chi connectivity index (χ3v) is 1.67. The van der Waals surface area contributed by atoms with Gasteiger partial charge in [-0.3, -0.25) is 0 Å². The highest BCUT2D eigenvalue weighted by Gasteiger charge is 1.88. The fourth-order valence-electron chi connectivity index (χ4n) is 0.986. The summed E-state index contributed by atoms with van der Waals surface area (Å²) in [5.41, 5.74) is 0. The SMILES string of the molecule is C#CCCCNCCCOCCC. The van der Waals surface area contributed by atoms with Gasteiger partial charge in [-0.2, -0.15) is 0 Å². The summed E-state index contributed by atoms with van der Waals surface area (Å²) >= 11 is 0. The van der Waals surface area contributed by atoms with Crippen LogP contribution in [0.3, 0.4) is 0 Å². The van der Waals surface area contributed by atoms with Gasteiger partial charge in [0.2, 0.25) is 0 Å². The summed E-state index contributed by atoms with van der Waals surface area (Å²) in [6, 6.07) is 0. The Balaban J connectivity index is 2.80. The molecule has 2 heteroatoms. The minimum Gasteiger partial charge on any atom is -0.381 e. The lowest BCUT2D eigenvalue weighted by Gasteiger charge is -2.03. The first-order chi connectivity index (χ1) is 6.41. The number of ether oxygens (including phenoxy) is 1. The molecule has 1 N–H and O–H groups in total. The maximum absolute atomic E-state index is 5.34. The zero-order valence-electron chi connectivity index (χ0n) is 8.64. The molecule has 0 aliphatic rings. The monoisotopic (exact) mass is 183 g/mol. The van der Waals surface area contributed by atoms with Gasteiger partial charge in [-0.05, 0) is 32.4 Å². The van der Waals surface area contributed by atoms with Crippen molar-refractivity contribution in [1.82, 2.24) is 5.32 Å². The Kier molecular flexibility index (Phi) is 11.0. The molecule has 0 aromatic heterocycles. The molecule has 0 amide bonds. The van der Waals surface area contributed by atoms with Gasteiger partial charge in [-0.25, -0.2) is 0 Å². The van der Waals surface area contributed by atoms with Crippen molar-refractivity contribution in [2.24, 2.45) is 0 Å². The van der Waals surface area contributed by atoms with Gasteiger partial charge in [0.1, 0.15) is 0 Å². The standard InChI is InChI=1S/C11H21NO/c1-3-5-6-8-12-9-7-11-13-10-4-2/h1,12H,4-11H2,2H3. The van der Waals surface area contributed by atoms with Crippen molar-refractivity contribution in [3.63, 3.8) is 0 Å². The van der Waals surface area contributed by atoms with E-state index in [1.54, 1.807) is 0 Å². The number of rotatable bonds is 9. The molecule has 0 aromatic rings. The van der Waals surface area contributed by atoms with E-state index in [1.807, 2.05) is 0 Å². The fourth-order valence-corrected chi connectivity index (χ4v) is 0.986. The molecule has 0 radical (unpaired) electrons. The Hall–Kier alpha value is -0.520. The summed E-state index contributed by atoms with van der Waals surface area (Å²) in [4.78, 5) is 0. The highest BCUT2D eigenvalue weighted by Crippen LogP contribution is 1.85. The van der Waals surface area contributed by atoms with Crippen molar-refractivity contribution in [2.45, 2.75) is 32.6 Å². The number of terminal acetylenes is 1. The molecule has 0 fully saturated rings. The van der Waals surface area contributed by atoms with E-state index in [-0.39, 0.29) is 0 Å². The van der Waals surface area contributed by atoms with Crippen LogP contribution in [0.15, 0.2) is 0 Å². The first kappa shape index (κ1) is 12.5. The smallest absolute Gasteiger partial charge is 0.0478 e. The molecule has 13 heavy (non-hydrogen) atoms. The topological polar surface area (TPSA) is 21.3 Å². The van der Waals surface area contributed by atoms with Crippen molar-refractivity contribution >= 4 is 0 Å². The molecule has 0 rings (SSSR count). The lowest BCUT2D eigenvalue weighted by molar-refractivity contribution is 0.132. The molecule has 0 unspecified atom stereocenters. The molecular weight excluding hydrogens is 162 g/mol. The molecule has 0 atom stereocenters. The molecule has 0 spiro atoms. The first-order valence-electron chi connectivity index (χ1n) is 5.13. The van der Waals surface area contributed by atoms with Gasteiger partial charge >= 0.3 is 0 Å². The van der Waals surface area contributed by atoms with E-state index in [1.165, 1.54) is 0 Å². The Morgan fingerprint density at radius 1 is 1.23 bits per heavy atom. The average Bonchev–Trinajstić information content (AvgIpc) is 2.16. The molecule has 0 saturated carbocycles. The second-order valence-corrected chi connectivity index (χ2v) is 3.02. The third-order valence-electron chi connectivity index (χ3n) is 1.67. The summed E-state index contributed by atoms with van der Waals surface area (Å²) in [6.45, 7) is 5.94. The van der Waals surface area contributed by atoms with Crippen molar-refractivity contribution < 1.29 is 4.74 Å². The Labute approximate surface area is 82.1 Å². The number of hydrogen-bond donors (Lipinski definition) is 1. The van der Waals surface area contributed by atoms with Crippen LogP contribution in [0.5, 0.6) is 0 Å². The highest BCUT2D eigenvalue weighted by molar-refractivity contribution is 4.83. The molecule has 0 saturated heterocycles. The van der Waals surface area contributed by atoms with E-state index < -0.39 is 0 Å². The molecule has 2 nitrogen and oxygen atoms in total. The van der Waals surface area contributed by atoms with Gasteiger partial charge in [0.15, 0.2) is 0 Å².